The van der Waals surface area contributed by atoms with Crippen LogP contribution < -0.4 is 5.43 Å². The fourth-order valence-electron chi connectivity index (χ4n) is 4.19. The quantitative estimate of drug-likeness (QED) is 0.523. The summed E-state index contributed by atoms with van der Waals surface area (Å²) in [6.45, 7) is 4.26. The molecule has 5 rings (SSSR count). The van der Waals surface area contributed by atoms with Crippen molar-refractivity contribution in [2.45, 2.75) is 26.4 Å². The van der Waals surface area contributed by atoms with Gasteiger partial charge in [0.15, 0.2) is 5.43 Å². The second-order valence-corrected chi connectivity index (χ2v) is 8.09. The molecular formula is C26H21NO4. The van der Waals surface area contributed by atoms with E-state index in [1.165, 1.54) is 0 Å². The first kappa shape index (κ1) is 19.1. The van der Waals surface area contributed by atoms with Gasteiger partial charge in [-0.25, -0.2) is 0 Å². The van der Waals surface area contributed by atoms with E-state index < -0.39 is 6.04 Å². The average molecular weight is 411 g/mol. The van der Waals surface area contributed by atoms with Gasteiger partial charge >= 0.3 is 0 Å². The number of fused-ring (bicyclic) bond motifs is 2. The molecule has 154 valence electrons. The third kappa shape index (κ3) is 3.19. The van der Waals surface area contributed by atoms with E-state index in [0.717, 1.165) is 22.3 Å². The van der Waals surface area contributed by atoms with E-state index in [1.54, 1.807) is 41.3 Å². The van der Waals surface area contributed by atoms with Crippen LogP contribution in [0.1, 0.15) is 44.4 Å². The molecule has 1 aliphatic rings. The van der Waals surface area contributed by atoms with E-state index in [4.69, 9.17) is 4.42 Å². The Bertz CT molecular complexity index is 1370. The van der Waals surface area contributed by atoms with Crippen LogP contribution in [0.4, 0.5) is 0 Å². The minimum Gasteiger partial charge on any atom is -0.508 e. The summed E-state index contributed by atoms with van der Waals surface area (Å²) in [5, 5.41) is 10.2. The van der Waals surface area contributed by atoms with Crippen LogP contribution >= 0.6 is 0 Å². The van der Waals surface area contributed by atoms with E-state index in [2.05, 4.69) is 0 Å². The number of aromatic hydroxyl groups is 1. The van der Waals surface area contributed by atoms with E-state index in [9.17, 15) is 14.7 Å². The van der Waals surface area contributed by atoms with Gasteiger partial charge in [-0.15, -0.1) is 0 Å². The van der Waals surface area contributed by atoms with Crippen molar-refractivity contribution in [2.24, 2.45) is 0 Å². The molecule has 0 bridgehead atoms. The summed E-state index contributed by atoms with van der Waals surface area (Å²) in [4.78, 5) is 28.6. The summed E-state index contributed by atoms with van der Waals surface area (Å²) in [6.07, 6.45) is 0. The van der Waals surface area contributed by atoms with E-state index in [-0.39, 0.29) is 22.8 Å². The molecule has 1 aromatic heterocycles. The highest BCUT2D eigenvalue weighted by Gasteiger charge is 2.42. The first-order valence-electron chi connectivity index (χ1n) is 10.1. The summed E-state index contributed by atoms with van der Waals surface area (Å²) in [5.74, 6) is -0.0979. The van der Waals surface area contributed by atoms with E-state index >= 15 is 0 Å². The number of phenols is 1. The molecule has 2 heterocycles. The molecule has 0 fully saturated rings. The topological polar surface area (TPSA) is 70.8 Å². The molecule has 1 amide bonds. The Balaban J connectivity index is 1.72. The predicted octanol–water partition coefficient (Wildman–Crippen LogP) is 4.86. The van der Waals surface area contributed by atoms with E-state index in [1.807, 2.05) is 44.2 Å². The maximum Gasteiger partial charge on any atom is 0.291 e. The number of nitrogens with zero attached hydrogens (tertiary/aromatic N) is 1. The molecule has 5 nitrogen and oxygen atoms in total. The Morgan fingerprint density at radius 1 is 0.903 bits per heavy atom. The second kappa shape index (κ2) is 7.13. The van der Waals surface area contributed by atoms with Crippen molar-refractivity contribution in [3.63, 3.8) is 0 Å². The smallest absolute Gasteiger partial charge is 0.291 e. The number of benzene rings is 3. The van der Waals surface area contributed by atoms with Gasteiger partial charge in [0, 0.05) is 6.54 Å². The van der Waals surface area contributed by atoms with Crippen LogP contribution in [0.25, 0.3) is 11.0 Å². The number of hydrogen-bond donors (Lipinski definition) is 1. The molecule has 1 N–H and O–H groups in total. The minimum atomic E-state index is -0.592. The van der Waals surface area contributed by atoms with Gasteiger partial charge in [-0.3, -0.25) is 9.59 Å². The van der Waals surface area contributed by atoms with Gasteiger partial charge in [-0.1, -0.05) is 53.6 Å². The molecular weight excluding hydrogens is 390 g/mol. The van der Waals surface area contributed by atoms with Crippen LogP contribution in [0.5, 0.6) is 5.75 Å². The van der Waals surface area contributed by atoms with Crippen molar-refractivity contribution in [2.75, 3.05) is 0 Å². The van der Waals surface area contributed by atoms with Crippen molar-refractivity contribution < 1.29 is 14.3 Å². The van der Waals surface area contributed by atoms with Crippen LogP contribution in [-0.2, 0) is 6.54 Å². The second-order valence-electron chi connectivity index (χ2n) is 8.09. The number of carbonyl (C=O) groups is 1. The molecule has 31 heavy (non-hydrogen) atoms. The standard InChI is InChI=1S/C26H21NO4/c1-15-3-6-17(7-4-15)14-27-23(18-8-10-19(28)11-9-18)22-24(29)20-13-16(2)5-12-21(20)31-25(22)26(27)30/h3-13,23,28H,14H2,1-2H3. The number of amides is 1. The van der Waals surface area contributed by atoms with Gasteiger partial charge in [0.05, 0.1) is 17.0 Å². The molecule has 1 aliphatic heterocycles. The Morgan fingerprint density at radius 2 is 1.58 bits per heavy atom. The molecule has 0 saturated heterocycles. The zero-order chi connectivity index (χ0) is 21.7. The van der Waals surface area contributed by atoms with Crippen LogP contribution in [0.3, 0.4) is 0 Å². The van der Waals surface area contributed by atoms with Crippen molar-refractivity contribution in [1.82, 2.24) is 4.90 Å². The third-order valence-corrected chi connectivity index (χ3v) is 5.80. The summed E-state index contributed by atoms with van der Waals surface area (Å²) in [7, 11) is 0. The highest BCUT2D eigenvalue weighted by atomic mass is 16.3. The Morgan fingerprint density at radius 3 is 2.29 bits per heavy atom. The van der Waals surface area contributed by atoms with Crippen molar-refractivity contribution in [3.05, 3.63) is 111 Å². The number of phenolic OH excluding ortho intramolecular Hbond substituents is 1. The van der Waals surface area contributed by atoms with Gasteiger partial charge in [0.2, 0.25) is 5.76 Å². The lowest BCUT2D eigenvalue weighted by Gasteiger charge is -2.25. The molecule has 5 heteroatoms. The van der Waals surface area contributed by atoms with Gasteiger partial charge < -0.3 is 14.4 Å². The molecule has 0 radical (unpaired) electrons. The van der Waals surface area contributed by atoms with Crippen LogP contribution in [-0.4, -0.2) is 15.9 Å². The molecule has 0 aliphatic carbocycles. The minimum absolute atomic E-state index is 0.0894. The van der Waals surface area contributed by atoms with Gasteiger partial charge in [-0.05, 0) is 49.2 Å². The first-order valence-corrected chi connectivity index (χ1v) is 10.1. The Hall–Kier alpha value is -3.86. The highest BCUT2D eigenvalue weighted by Crippen LogP contribution is 2.39. The number of aryl methyl sites for hydroxylation is 2. The number of carbonyl (C=O) groups excluding carboxylic acids is 1. The molecule has 1 atom stereocenters. The highest BCUT2D eigenvalue weighted by molar-refractivity contribution is 5.99. The normalized spacial score (nSPS) is 15.5. The summed E-state index contributed by atoms with van der Waals surface area (Å²) >= 11 is 0. The number of hydrogen-bond acceptors (Lipinski definition) is 4. The third-order valence-electron chi connectivity index (χ3n) is 5.80. The maximum absolute atomic E-state index is 13.5. The summed E-state index contributed by atoms with van der Waals surface area (Å²) in [5.41, 5.74) is 4.35. The van der Waals surface area contributed by atoms with Crippen molar-refractivity contribution >= 4 is 16.9 Å². The molecule has 1 unspecified atom stereocenters. The molecule has 0 spiro atoms. The van der Waals surface area contributed by atoms with Gasteiger partial charge in [0.25, 0.3) is 5.91 Å². The fourth-order valence-corrected chi connectivity index (χ4v) is 4.19. The first-order chi connectivity index (χ1) is 14.9. The zero-order valence-corrected chi connectivity index (χ0v) is 17.3. The SMILES string of the molecule is Cc1ccc(CN2C(=O)c3oc4ccc(C)cc4c(=O)c3C2c2ccc(O)cc2)cc1. The molecule has 4 aromatic rings. The predicted molar refractivity (Wildman–Crippen MR) is 118 cm³/mol. The lowest BCUT2D eigenvalue weighted by Crippen LogP contribution is -2.29. The number of rotatable bonds is 3. The maximum atomic E-state index is 13.5. The lowest BCUT2D eigenvalue weighted by atomic mass is 9.98. The van der Waals surface area contributed by atoms with Crippen molar-refractivity contribution in [3.8, 4) is 5.75 Å². The Kier molecular flexibility index (Phi) is 4.40. The lowest BCUT2D eigenvalue weighted by molar-refractivity contribution is 0.0714. The van der Waals surface area contributed by atoms with Crippen LogP contribution in [0, 0.1) is 13.8 Å². The largest absolute Gasteiger partial charge is 0.508 e. The summed E-state index contributed by atoms with van der Waals surface area (Å²) < 4.78 is 5.97. The molecule has 3 aromatic carbocycles. The van der Waals surface area contributed by atoms with Gasteiger partial charge in [-0.2, -0.15) is 0 Å². The monoisotopic (exact) mass is 411 g/mol. The summed E-state index contributed by atoms with van der Waals surface area (Å²) in [6, 6.07) is 19.4. The van der Waals surface area contributed by atoms with E-state index in [0.29, 0.717) is 23.1 Å². The fraction of sp³-hybridized carbons (Fsp3) is 0.154. The van der Waals surface area contributed by atoms with Crippen LogP contribution in [0.2, 0.25) is 0 Å². The Labute approximate surface area is 179 Å². The van der Waals surface area contributed by atoms with Crippen molar-refractivity contribution in [1.29, 1.82) is 0 Å². The average Bonchev–Trinajstić information content (AvgIpc) is 3.03. The van der Waals surface area contributed by atoms with Crippen LogP contribution in [0.15, 0.2) is 75.9 Å². The molecule has 0 saturated carbocycles. The van der Waals surface area contributed by atoms with Gasteiger partial charge in [0.1, 0.15) is 11.3 Å². The zero-order valence-electron chi connectivity index (χ0n) is 17.3.